The molecule has 1 amide bonds. The Hall–Kier alpha value is -3.15. The summed E-state index contributed by atoms with van der Waals surface area (Å²) in [6.07, 6.45) is 2.80. The van der Waals surface area contributed by atoms with Gasteiger partial charge in [-0.05, 0) is 55.2 Å². The van der Waals surface area contributed by atoms with Gasteiger partial charge in [0.15, 0.2) is 6.61 Å². The van der Waals surface area contributed by atoms with Crippen molar-refractivity contribution in [3.8, 4) is 0 Å². The third-order valence-corrected chi connectivity index (χ3v) is 6.60. The number of carbonyl (C=O) groups is 3. The lowest BCUT2D eigenvalue weighted by Gasteiger charge is -2.36. The fourth-order valence-corrected chi connectivity index (χ4v) is 4.61. The van der Waals surface area contributed by atoms with E-state index in [0.717, 1.165) is 24.8 Å². The Bertz CT molecular complexity index is 987. The van der Waals surface area contributed by atoms with Crippen molar-refractivity contribution in [3.05, 3.63) is 71.3 Å². The fraction of sp³-hybridized carbons (Fsp3) is 0.464. The van der Waals surface area contributed by atoms with E-state index in [0.29, 0.717) is 17.8 Å². The van der Waals surface area contributed by atoms with Gasteiger partial charge in [0, 0.05) is 0 Å². The van der Waals surface area contributed by atoms with E-state index in [1.54, 1.807) is 18.2 Å². The zero-order valence-electron chi connectivity index (χ0n) is 20.5. The van der Waals surface area contributed by atoms with Gasteiger partial charge < -0.3 is 14.8 Å². The van der Waals surface area contributed by atoms with E-state index < -0.39 is 24.5 Å². The Balaban J connectivity index is 1.62. The highest BCUT2D eigenvalue weighted by molar-refractivity contribution is 6.03. The maximum Gasteiger partial charge on any atom is 0.339 e. The first-order chi connectivity index (χ1) is 16.3. The molecule has 3 rings (SSSR count). The molecule has 0 radical (unpaired) electrons. The van der Waals surface area contributed by atoms with Gasteiger partial charge in [-0.3, -0.25) is 4.79 Å². The Morgan fingerprint density at radius 2 is 1.53 bits per heavy atom. The minimum atomic E-state index is -0.729. The molecule has 1 saturated carbocycles. The molecule has 0 saturated heterocycles. The van der Waals surface area contributed by atoms with Gasteiger partial charge in [0.2, 0.25) is 0 Å². The molecule has 0 aliphatic heterocycles. The average molecular weight is 466 g/mol. The molecule has 1 aliphatic rings. The monoisotopic (exact) mass is 465 g/mol. The maximum atomic E-state index is 13.0. The minimum absolute atomic E-state index is 0.0985. The average Bonchev–Trinajstić information content (AvgIpc) is 2.83. The number of hydrogen-bond donors (Lipinski definition) is 1. The molecule has 182 valence electrons. The van der Waals surface area contributed by atoms with E-state index in [2.05, 4.69) is 26.1 Å². The lowest BCUT2D eigenvalue weighted by molar-refractivity contribution is -0.124. The van der Waals surface area contributed by atoms with Crippen LogP contribution in [0.5, 0.6) is 0 Å². The molecule has 0 heterocycles. The number of esters is 2. The summed E-state index contributed by atoms with van der Waals surface area (Å²) in [5.41, 5.74) is 1.21. The SMILES string of the molecule is CC(C)[C@H]1CC[C@@H](C)C[C@@H]1OC(=O)c1ccccc1C(=O)OCC(=O)N[C@H](C)c1ccccc1. The van der Waals surface area contributed by atoms with Crippen LogP contribution in [0, 0.1) is 17.8 Å². The molecule has 6 heteroatoms. The number of amides is 1. The summed E-state index contributed by atoms with van der Waals surface area (Å²) < 4.78 is 11.1. The van der Waals surface area contributed by atoms with Gasteiger partial charge in [-0.25, -0.2) is 9.59 Å². The molecule has 4 atom stereocenters. The second-order valence-corrected chi connectivity index (χ2v) is 9.59. The zero-order valence-corrected chi connectivity index (χ0v) is 20.5. The topological polar surface area (TPSA) is 81.7 Å². The number of carbonyl (C=O) groups excluding carboxylic acids is 3. The molecule has 6 nitrogen and oxygen atoms in total. The summed E-state index contributed by atoms with van der Waals surface area (Å²) in [5, 5.41) is 2.81. The maximum absolute atomic E-state index is 13.0. The Morgan fingerprint density at radius 1 is 0.912 bits per heavy atom. The quantitative estimate of drug-likeness (QED) is 0.532. The van der Waals surface area contributed by atoms with E-state index in [1.165, 1.54) is 6.07 Å². The highest BCUT2D eigenvalue weighted by Crippen LogP contribution is 2.35. The minimum Gasteiger partial charge on any atom is -0.458 e. The van der Waals surface area contributed by atoms with Crippen molar-refractivity contribution >= 4 is 17.8 Å². The lowest BCUT2D eigenvalue weighted by atomic mass is 9.75. The summed E-state index contributed by atoms with van der Waals surface area (Å²) in [5.74, 6) is -0.477. The van der Waals surface area contributed by atoms with E-state index in [9.17, 15) is 14.4 Å². The first-order valence-corrected chi connectivity index (χ1v) is 12.1. The molecular formula is C28H35NO5. The van der Waals surface area contributed by atoms with Gasteiger partial charge in [-0.2, -0.15) is 0 Å². The van der Waals surface area contributed by atoms with Crippen LogP contribution in [-0.4, -0.2) is 30.6 Å². The molecule has 0 unspecified atom stereocenters. The standard InChI is InChI=1S/C28H35NO5/c1-18(2)22-15-14-19(3)16-25(22)34-28(32)24-13-9-8-12-23(24)27(31)33-17-26(30)29-20(4)21-10-6-5-7-11-21/h5-13,18-20,22,25H,14-17H2,1-4H3,(H,29,30)/t19-,20-,22-,25+/m1/s1. The highest BCUT2D eigenvalue weighted by Gasteiger charge is 2.34. The largest absolute Gasteiger partial charge is 0.458 e. The molecule has 2 aromatic carbocycles. The third kappa shape index (κ3) is 6.69. The predicted molar refractivity (Wildman–Crippen MR) is 130 cm³/mol. The van der Waals surface area contributed by atoms with Crippen LogP contribution in [0.4, 0.5) is 0 Å². The zero-order chi connectivity index (χ0) is 24.7. The van der Waals surface area contributed by atoms with Gasteiger partial charge in [0.05, 0.1) is 17.2 Å². The van der Waals surface area contributed by atoms with Crippen LogP contribution in [0.25, 0.3) is 0 Å². The highest BCUT2D eigenvalue weighted by atomic mass is 16.5. The van der Waals surface area contributed by atoms with E-state index >= 15 is 0 Å². The predicted octanol–water partition coefficient (Wildman–Crippen LogP) is 5.34. The van der Waals surface area contributed by atoms with E-state index in [-0.39, 0.29) is 23.3 Å². The first-order valence-electron chi connectivity index (χ1n) is 12.1. The van der Waals surface area contributed by atoms with Crippen LogP contribution in [0.1, 0.15) is 79.3 Å². The molecular weight excluding hydrogens is 430 g/mol. The van der Waals surface area contributed by atoms with Crippen LogP contribution in [0.3, 0.4) is 0 Å². The van der Waals surface area contributed by atoms with E-state index in [1.807, 2.05) is 37.3 Å². The molecule has 1 aliphatic carbocycles. The van der Waals surface area contributed by atoms with Crippen molar-refractivity contribution in [2.24, 2.45) is 17.8 Å². The molecule has 1 N–H and O–H groups in total. The molecule has 1 fully saturated rings. The van der Waals surface area contributed by atoms with Crippen LogP contribution in [-0.2, 0) is 14.3 Å². The summed E-state index contributed by atoms with van der Waals surface area (Å²) in [4.78, 5) is 38.1. The van der Waals surface area contributed by atoms with Crippen molar-refractivity contribution in [1.82, 2.24) is 5.32 Å². The van der Waals surface area contributed by atoms with Crippen molar-refractivity contribution in [2.75, 3.05) is 6.61 Å². The third-order valence-electron chi connectivity index (χ3n) is 6.60. The molecule has 0 spiro atoms. The van der Waals surface area contributed by atoms with Crippen molar-refractivity contribution < 1.29 is 23.9 Å². The molecule has 34 heavy (non-hydrogen) atoms. The van der Waals surface area contributed by atoms with Crippen LogP contribution in [0.15, 0.2) is 54.6 Å². The summed E-state index contributed by atoms with van der Waals surface area (Å²) in [6, 6.07) is 15.7. The van der Waals surface area contributed by atoms with Gasteiger partial charge >= 0.3 is 11.9 Å². The second kappa shape index (κ2) is 11.8. The Kier molecular flexibility index (Phi) is 8.85. The second-order valence-electron chi connectivity index (χ2n) is 9.59. The smallest absolute Gasteiger partial charge is 0.339 e. The summed E-state index contributed by atoms with van der Waals surface area (Å²) in [6.45, 7) is 7.89. The number of hydrogen-bond acceptors (Lipinski definition) is 5. The molecule has 0 bridgehead atoms. The van der Waals surface area contributed by atoms with Crippen molar-refractivity contribution in [1.29, 1.82) is 0 Å². The van der Waals surface area contributed by atoms with Gasteiger partial charge in [-0.15, -0.1) is 0 Å². The Morgan fingerprint density at radius 3 is 2.18 bits per heavy atom. The lowest BCUT2D eigenvalue weighted by Crippen LogP contribution is -2.36. The first kappa shape index (κ1) is 25.5. The van der Waals surface area contributed by atoms with Gasteiger partial charge in [-0.1, -0.05) is 69.7 Å². The van der Waals surface area contributed by atoms with Crippen LogP contribution >= 0.6 is 0 Å². The molecule has 2 aromatic rings. The van der Waals surface area contributed by atoms with Gasteiger partial charge in [0.25, 0.3) is 5.91 Å². The summed E-state index contributed by atoms with van der Waals surface area (Å²) in [7, 11) is 0. The number of benzene rings is 2. The normalized spacial score (nSPS) is 20.9. The van der Waals surface area contributed by atoms with Crippen molar-refractivity contribution in [2.45, 2.75) is 59.1 Å². The fourth-order valence-electron chi connectivity index (χ4n) is 4.61. The van der Waals surface area contributed by atoms with Gasteiger partial charge in [0.1, 0.15) is 6.10 Å². The summed E-state index contributed by atoms with van der Waals surface area (Å²) >= 11 is 0. The number of ether oxygens (including phenoxy) is 2. The number of nitrogens with one attached hydrogen (secondary N) is 1. The van der Waals surface area contributed by atoms with Crippen molar-refractivity contribution in [3.63, 3.8) is 0 Å². The van der Waals surface area contributed by atoms with Crippen LogP contribution in [0.2, 0.25) is 0 Å². The Labute approximate surface area is 202 Å². The molecule has 0 aromatic heterocycles. The van der Waals surface area contributed by atoms with Crippen LogP contribution < -0.4 is 5.32 Å². The number of rotatable bonds is 8. The van der Waals surface area contributed by atoms with E-state index in [4.69, 9.17) is 9.47 Å².